The third kappa shape index (κ3) is 4.73. The minimum absolute atomic E-state index is 0.107. The number of nitro groups is 1. The minimum Gasteiger partial charge on any atom is -0.473 e. The molecule has 0 saturated carbocycles. The molecule has 0 aliphatic carbocycles. The molecule has 0 fully saturated rings. The monoisotopic (exact) mass is 451 g/mol. The average molecular weight is 451 g/mol. The molecular formula is C18H18F4NO6P. The molecule has 0 N–H and O–H groups in total. The Balaban J connectivity index is 2.47. The standard InChI is InChI=1S/C18H18F4NO6P/c1-5-27-30(4,26)10(3)28-13-8-11(6-7-12(13)23(24)25)29-18-16(21)14(19)9(2)15(20)17(18)22/h6-8,10H,5H2,1-4H3. The van der Waals surface area contributed by atoms with Gasteiger partial charge >= 0.3 is 5.69 Å². The normalized spacial score (nSPS) is 14.1. The number of nitro benzene ring substituents is 1. The maximum Gasteiger partial charge on any atom is 0.311 e. The highest BCUT2D eigenvalue weighted by Crippen LogP contribution is 2.49. The maximum atomic E-state index is 14.0. The molecule has 0 aliphatic rings. The second-order valence-corrected chi connectivity index (χ2v) is 9.05. The van der Waals surface area contributed by atoms with Crippen molar-refractivity contribution in [3.63, 3.8) is 0 Å². The molecule has 0 spiro atoms. The summed E-state index contributed by atoms with van der Waals surface area (Å²) in [6.07, 6.45) is 0. The Labute approximate surface area is 169 Å². The van der Waals surface area contributed by atoms with E-state index in [2.05, 4.69) is 0 Å². The molecule has 7 nitrogen and oxygen atoms in total. The van der Waals surface area contributed by atoms with Crippen LogP contribution in [-0.4, -0.2) is 24.0 Å². The van der Waals surface area contributed by atoms with Gasteiger partial charge in [0.05, 0.1) is 11.5 Å². The van der Waals surface area contributed by atoms with E-state index in [1.165, 1.54) is 13.6 Å². The Morgan fingerprint density at radius 2 is 1.70 bits per heavy atom. The van der Waals surface area contributed by atoms with Gasteiger partial charge in [-0.2, -0.15) is 8.78 Å². The Hall–Kier alpha value is -2.65. The smallest absolute Gasteiger partial charge is 0.311 e. The summed E-state index contributed by atoms with van der Waals surface area (Å²) in [6.45, 7) is 5.19. The minimum atomic E-state index is -3.32. The Morgan fingerprint density at radius 1 is 1.13 bits per heavy atom. The van der Waals surface area contributed by atoms with Gasteiger partial charge in [0.2, 0.25) is 30.5 Å². The van der Waals surface area contributed by atoms with Crippen molar-refractivity contribution in [3.8, 4) is 17.2 Å². The summed E-state index contributed by atoms with van der Waals surface area (Å²) < 4.78 is 83.4. The van der Waals surface area contributed by atoms with Crippen LogP contribution in [0.4, 0.5) is 23.2 Å². The first-order valence-corrected chi connectivity index (χ1v) is 10.7. The van der Waals surface area contributed by atoms with Crippen molar-refractivity contribution in [2.75, 3.05) is 13.3 Å². The van der Waals surface area contributed by atoms with Crippen molar-refractivity contribution in [2.24, 2.45) is 0 Å². The molecule has 30 heavy (non-hydrogen) atoms. The summed E-state index contributed by atoms with van der Waals surface area (Å²) in [5, 5.41) is 11.2. The van der Waals surface area contributed by atoms with Crippen LogP contribution in [0.15, 0.2) is 18.2 Å². The molecule has 2 aromatic rings. The van der Waals surface area contributed by atoms with Gasteiger partial charge in [0, 0.05) is 24.4 Å². The number of hydrogen-bond acceptors (Lipinski definition) is 6. The second-order valence-electron chi connectivity index (χ2n) is 6.24. The van der Waals surface area contributed by atoms with Crippen molar-refractivity contribution in [1.82, 2.24) is 0 Å². The molecule has 0 radical (unpaired) electrons. The van der Waals surface area contributed by atoms with Gasteiger partial charge in [-0.1, -0.05) is 0 Å². The maximum absolute atomic E-state index is 14.0. The van der Waals surface area contributed by atoms with Crippen molar-refractivity contribution in [1.29, 1.82) is 0 Å². The summed E-state index contributed by atoms with van der Waals surface area (Å²) in [5.41, 5.74) is -1.43. The molecule has 164 valence electrons. The SMILES string of the molecule is CCOP(C)(=O)C(C)Oc1cc(Oc2c(F)c(F)c(C)c(F)c2F)ccc1[N+](=O)[O-]. The van der Waals surface area contributed by atoms with Crippen molar-refractivity contribution >= 4 is 13.1 Å². The summed E-state index contributed by atoms with van der Waals surface area (Å²) in [5.74, 6) is -10.1. The van der Waals surface area contributed by atoms with Crippen LogP contribution >= 0.6 is 7.37 Å². The van der Waals surface area contributed by atoms with Gasteiger partial charge in [-0.15, -0.1) is 0 Å². The zero-order valence-electron chi connectivity index (χ0n) is 16.4. The first-order chi connectivity index (χ1) is 13.9. The number of rotatable bonds is 8. The van der Waals surface area contributed by atoms with E-state index in [9.17, 15) is 32.2 Å². The van der Waals surface area contributed by atoms with Gasteiger partial charge in [0.25, 0.3) is 0 Å². The highest BCUT2D eigenvalue weighted by molar-refractivity contribution is 7.58. The quantitative estimate of drug-likeness (QED) is 0.163. The third-order valence-electron chi connectivity index (χ3n) is 4.13. The summed E-state index contributed by atoms with van der Waals surface area (Å²) in [6, 6.07) is 2.74. The van der Waals surface area contributed by atoms with E-state index in [0.717, 1.165) is 25.1 Å². The Morgan fingerprint density at radius 3 is 2.20 bits per heavy atom. The van der Waals surface area contributed by atoms with Gasteiger partial charge in [-0.05, 0) is 26.8 Å². The molecule has 0 heterocycles. The number of benzene rings is 2. The molecule has 12 heteroatoms. The first kappa shape index (κ1) is 23.6. The van der Waals surface area contributed by atoms with E-state index in [4.69, 9.17) is 14.0 Å². The van der Waals surface area contributed by atoms with Crippen LogP contribution in [0.25, 0.3) is 0 Å². The van der Waals surface area contributed by atoms with Crippen LogP contribution in [0.3, 0.4) is 0 Å². The first-order valence-electron chi connectivity index (χ1n) is 8.57. The van der Waals surface area contributed by atoms with Gasteiger partial charge in [0.1, 0.15) is 5.75 Å². The fourth-order valence-electron chi connectivity index (χ4n) is 2.37. The fraction of sp³-hybridized carbons (Fsp3) is 0.333. The number of ether oxygens (including phenoxy) is 2. The number of halogens is 4. The van der Waals surface area contributed by atoms with E-state index in [1.54, 1.807) is 6.92 Å². The second kappa shape index (κ2) is 9.01. The summed E-state index contributed by atoms with van der Waals surface area (Å²) >= 11 is 0. The topological polar surface area (TPSA) is 87.9 Å². The summed E-state index contributed by atoms with van der Waals surface area (Å²) in [4.78, 5) is 10.4. The van der Waals surface area contributed by atoms with Gasteiger partial charge < -0.3 is 14.0 Å². The Bertz CT molecular complexity index is 1000. The highest BCUT2D eigenvalue weighted by Gasteiger charge is 2.30. The third-order valence-corrected chi connectivity index (χ3v) is 6.33. The van der Waals surface area contributed by atoms with Crippen LogP contribution < -0.4 is 9.47 Å². The highest BCUT2D eigenvalue weighted by atomic mass is 31.2. The largest absolute Gasteiger partial charge is 0.473 e. The molecule has 0 amide bonds. The van der Waals surface area contributed by atoms with Crippen molar-refractivity contribution < 1.29 is 41.0 Å². The van der Waals surface area contributed by atoms with Gasteiger partial charge in [0.15, 0.2) is 17.5 Å². The molecule has 0 aliphatic heterocycles. The summed E-state index contributed by atoms with van der Waals surface area (Å²) in [7, 11) is -3.32. The number of nitrogens with zero attached hydrogens (tertiary/aromatic N) is 1. The van der Waals surface area contributed by atoms with Crippen molar-refractivity contribution in [3.05, 3.63) is 57.1 Å². The molecule has 2 aromatic carbocycles. The fourth-order valence-corrected chi connectivity index (χ4v) is 3.40. The predicted octanol–water partition coefficient (Wildman–Crippen LogP) is 5.92. The molecule has 2 unspecified atom stereocenters. The lowest BCUT2D eigenvalue weighted by Gasteiger charge is -2.21. The van der Waals surface area contributed by atoms with Crippen LogP contribution in [0.1, 0.15) is 19.4 Å². The molecule has 0 bridgehead atoms. The van der Waals surface area contributed by atoms with E-state index < -0.39 is 69.9 Å². The zero-order chi connectivity index (χ0) is 22.8. The molecule has 2 rings (SSSR count). The molecule has 0 saturated heterocycles. The van der Waals surface area contributed by atoms with Crippen LogP contribution in [-0.2, 0) is 9.09 Å². The average Bonchev–Trinajstić information content (AvgIpc) is 2.68. The lowest BCUT2D eigenvalue weighted by Crippen LogP contribution is -2.14. The van der Waals surface area contributed by atoms with E-state index in [-0.39, 0.29) is 6.61 Å². The van der Waals surface area contributed by atoms with Crippen LogP contribution in [0, 0.1) is 40.3 Å². The Kier molecular flexibility index (Phi) is 7.10. The molecule has 0 aromatic heterocycles. The molecular weight excluding hydrogens is 433 g/mol. The van der Waals surface area contributed by atoms with Crippen LogP contribution in [0.2, 0.25) is 0 Å². The van der Waals surface area contributed by atoms with E-state index in [1.807, 2.05) is 0 Å². The number of hydrogen-bond donors (Lipinski definition) is 0. The van der Waals surface area contributed by atoms with Crippen molar-refractivity contribution in [2.45, 2.75) is 26.6 Å². The van der Waals surface area contributed by atoms with Crippen LogP contribution in [0.5, 0.6) is 17.2 Å². The zero-order valence-corrected chi connectivity index (χ0v) is 17.3. The van der Waals surface area contributed by atoms with Gasteiger partial charge in [-0.25, -0.2) is 8.78 Å². The molecule has 2 atom stereocenters. The lowest BCUT2D eigenvalue weighted by molar-refractivity contribution is -0.386. The predicted molar refractivity (Wildman–Crippen MR) is 99.4 cm³/mol. The van der Waals surface area contributed by atoms with E-state index >= 15 is 0 Å². The lowest BCUT2D eigenvalue weighted by atomic mass is 10.2. The van der Waals surface area contributed by atoms with Gasteiger partial charge in [-0.3, -0.25) is 14.7 Å². The van der Waals surface area contributed by atoms with E-state index in [0.29, 0.717) is 0 Å².